The standard InChI is InChI=1S/C15H25B/c1-10(2)13-8-7-9-14(11(3)4)15(13)16-12(5)6/h7-12,16H,1-6H3. The van der Waals surface area contributed by atoms with E-state index in [0.717, 1.165) is 5.82 Å². The molecular formula is C15H25B. The molecule has 1 heteroatoms. The molecule has 0 atom stereocenters. The Hall–Kier alpha value is -0.715. The summed E-state index contributed by atoms with van der Waals surface area (Å²) in [6, 6.07) is 6.82. The van der Waals surface area contributed by atoms with Crippen molar-refractivity contribution in [3.05, 3.63) is 29.3 Å². The average molecular weight is 216 g/mol. The van der Waals surface area contributed by atoms with Crippen LogP contribution in [0, 0.1) is 0 Å². The van der Waals surface area contributed by atoms with Crippen LogP contribution in [0.5, 0.6) is 0 Å². The van der Waals surface area contributed by atoms with E-state index in [0.29, 0.717) is 11.8 Å². The lowest BCUT2D eigenvalue weighted by Gasteiger charge is -2.20. The van der Waals surface area contributed by atoms with Crippen LogP contribution in [0.1, 0.15) is 64.5 Å². The molecule has 88 valence electrons. The van der Waals surface area contributed by atoms with E-state index in [4.69, 9.17) is 0 Å². The molecule has 0 spiro atoms. The van der Waals surface area contributed by atoms with E-state index < -0.39 is 0 Å². The van der Waals surface area contributed by atoms with Crippen molar-refractivity contribution in [2.45, 2.75) is 59.2 Å². The van der Waals surface area contributed by atoms with Crippen LogP contribution in [0.25, 0.3) is 0 Å². The van der Waals surface area contributed by atoms with Gasteiger partial charge >= 0.3 is 0 Å². The van der Waals surface area contributed by atoms with Crippen LogP contribution >= 0.6 is 0 Å². The first-order valence-electron chi connectivity index (χ1n) is 6.55. The highest BCUT2D eigenvalue weighted by Crippen LogP contribution is 2.19. The Kier molecular flexibility index (Phi) is 4.64. The van der Waals surface area contributed by atoms with Crippen LogP contribution in [0.2, 0.25) is 5.82 Å². The molecule has 0 aliphatic carbocycles. The maximum atomic E-state index is 2.31. The van der Waals surface area contributed by atoms with Crippen LogP contribution in [-0.2, 0) is 0 Å². The average Bonchev–Trinajstić information content (AvgIpc) is 2.16. The molecule has 0 bridgehead atoms. The summed E-state index contributed by atoms with van der Waals surface area (Å²) in [5, 5.41) is 0. The monoisotopic (exact) mass is 216 g/mol. The second-order valence-corrected chi connectivity index (χ2v) is 5.82. The maximum absolute atomic E-state index is 2.31. The summed E-state index contributed by atoms with van der Waals surface area (Å²) < 4.78 is 0. The van der Waals surface area contributed by atoms with E-state index in [9.17, 15) is 0 Å². The van der Waals surface area contributed by atoms with Crippen molar-refractivity contribution in [2.75, 3.05) is 0 Å². The Bertz CT molecular complexity index is 311. The molecule has 0 radical (unpaired) electrons. The minimum atomic E-state index is 0.632. The molecule has 0 aromatic heterocycles. The Morgan fingerprint density at radius 1 is 0.812 bits per heavy atom. The van der Waals surface area contributed by atoms with Gasteiger partial charge in [-0.05, 0) is 11.8 Å². The lowest BCUT2D eigenvalue weighted by molar-refractivity contribution is 0.844. The van der Waals surface area contributed by atoms with Crippen molar-refractivity contribution >= 4 is 12.7 Å². The zero-order chi connectivity index (χ0) is 12.3. The van der Waals surface area contributed by atoms with Gasteiger partial charge in [-0.2, -0.15) is 0 Å². The fourth-order valence-corrected chi connectivity index (χ4v) is 2.35. The van der Waals surface area contributed by atoms with Gasteiger partial charge in [0, 0.05) is 0 Å². The summed E-state index contributed by atoms with van der Waals surface area (Å²) in [5.41, 5.74) is 4.68. The van der Waals surface area contributed by atoms with Crippen molar-refractivity contribution in [2.24, 2.45) is 0 Å². The van der Waals surface area contributed by atoms with Crippen molar-refractivity contribution < 1.29 is 0 Å². The van der Waals surface area contributed by atoms with Crippen LogP contribution < -0.4 is 5.46 Å². The first-order chi connectivity index (χ1) is 7.43. The summed E-state index contributed by atoms with van der Waals surface area (Å²) in [7, 11) is 1.21. The molecule has 0 amide bonds. The largest absolute Gasteiger partial charge is 0.161 e. The second kappa shape index (κ2) is 5.56. The van der Waals surface area contributed by atoms with Gasteiger partial charge in [0.25, 0.3) is 0 Å². The zero-order valence-electron chi connectivity index (χ0n) is 11.7. The molecule has 0 N–H and O–H groups in total. The van der Waals surface area contributed by atoms with Gasteiger partial charge in [-0.3, -0.25) is 0 Å². The van der Waals surface area contributed by atoms with Gasteiger partial charge < -0.3 is 0 Å². The van der Waals surface area contributed by atoms with E-state index >= 15 is 0 Å². The molecule has 0 nitrogen and oxygen atoms in total. The smallest absolute Gasteiger partial charge is 0.0775 e. The predicted octanol–water partition coefficient (Wildman–Crippen LogP) is 3.82. The van der Waals surface area contributed by atoms with E-state index in [1.165, 1.54) is 7.28 Å². The van der Waals surface area contributed by atoms with Crippen molar-refractivity contribution in [3.8, 4) is 0 Å². The number of rotatable bonds is 4. The highest BCUT2D eigenvalue weighted by Gasteiger charge is 2.15. The van der Waals surface area contributed by atoms with E-state index in [1.807, 2.05) is 0 Å². The molecule has 1 aromatic carbocycles. The minimum Gasteiger partial charge on any atom is -0.0775 e. The molecular weight excluding hydrogens is 191 g/mol. The second-order valence-electron chi connectivity index (χ2n) is 5.82. The first kappa shape index (κ1) is 13.4. The van der Waals surface area contributed by atoms with Gasteiger partial charge in [0.05, 0.1) is 0 Å². The van der Waals surface area contributed by atoms with E-state index in [1.54, 1.807) is 16.6 Å². The van der Waals surface area contributed by atoms with E-state index in [2.05, 4.69) is 59.7 Å². The topological polar surface area (TPSA) is 0 Å². The van der Waals surface area contributed by atoms with Crippen molar-refractivity contribution in [1.29, 1.82) is 0 Å². The lowest BCUT2D eigenvalue weighted by Crippen LogP contribution is -2.27. The SMILES string of the molecule is CC(C)Bc1c(C(C)C)cccc1C(C)C. The van der Waals surface area contributed by atoms with Crippen LogP contribution in [0.4, 0.5) is 0 Å². The molecule has 1 rings (SSSR count). The van der Waals surface area contributed by atoms with Crippen molar-refractivity contribution in [3.63, 3.8) is 0 Å². The van der Waals surface area contributed by atoms with Crippen LogP contribution in [0.15, 0.2) is 18.2 Å². The summed E-state index contributed by atoms with van der Waals surface area (Å²) >= 11 is 0. The van der Waals surface area contributed by atoms with Gasteiger partial charge in [-0.15, -0.1) is 0 Å². The molecule has 0 saturated heterocycles. The summed E-state index contributed by atoms with van der Waals surface area (Å²) in [4.78, 5) is 0. The molecule has 16 heavy (non-hydrogen) atoms. The summed E-state index contributed by atoms with van der Waals surface area (Å²) in [6.07, 6.45) is 0. The third kappa shape index (κ3) is 3.14. The molecule has 0 fully saturated rings. The van der Waals surface area contributed by atoms with Crippen molar-refractivity contribution in [1.82, 2.24) is 0 Å². The number of hydrogen-bond acceptors (Lipinski definition) is 0. The number of hydrogen-bond donors (Lipinski definition) is 0. The quantitative estimate of drug-likeness (QED) is 0.671. The summed E-state index contributed by atoms with van der Waals surface area (Å²) in [5.74, 6) is 2.00. The van der Waals surface area contributed by atoms with Gasteiger partial charge in [-0.25, -0.2) is 0 Å². The molecule has 1 aromatic rings. The molecule has 0 unspecified atom stereocenters. The first-order valence-corrected chi connectivity index (χ1v) is 6.55. The Morgan fingerprint density at radius 2 is 1.25 bits per heavy atom. The Balaban J connectivity index is 3.23. The fraction of sp³-hybridized carbons (Fsp3) is 0.600. The molecule has 0 saturated carbocycles. The maximum Gasteiger partial charge on any atom is 0.161 e. The third-order valence-electron chi connectivity index (χ3n) is 3.10. The Morgan fingerprint density at radius 3 is 1.56 bits per heavy atom. The third-order valence-corrected chi connectivity index (χ3v) is 3.10. The Labute approximate surface area is 102 Å². The van der Waals surface area contributed by atoms with Crippen LogP contribution in [0.3, 0.4) is 0 Å². The van der Waals surface area contributed by atoms with Gasteiger partial charge in [0.15, 0.2) is 7.28 Å². The number of benzene rings is 1. The highest BCUT2D eigenvalue weighted by molar-refractivity contribution is 6.56. The molecule has 0 heterocycles. The van der Waals surface area contributed by atoms with Crippen LogP contribution in [-0.4, -0.2) is 7.28 Å². The lowest BCUT2D eigenvalue weighted by atomic mass is 9.56. The van der Waals surface area contributed by atoms with Gasteiger partial charge in [0.1, 0.15) is 0 Å². The minimum absolute atomic E-state index is 0.632. The highest BCUT2D eigenvalue weighted by atomic mass is 14.1. The fourth-order valence-electron chi connectivity index (χ4n) is 2.35. The normalized spacial score (nSPS) is 11.6. The zero-order valence-corrected chi connectivity index (χ0v) is 11.7. The van der Waals surface area contributed by atoms with Gasteiger partial charge in [0.2, 0.25) is 0 Å². The van der Waals surface area contributed by atoms with Gasteiger partial charge in [-0.1, -0.05) is 82.1 Å². The molecule has 0 aliphatic heterocycles. The predicted molar refractivity (Wildman–Crippen MR) is 76.5 cm³/mol. The van der Waals surface area contributed by atoms with E-state index in [-0.39, 0.29) is 0 Å². The summed E-state index contributed by atoms with van der Waals surface area (Å²) in [6.45, 7) is 13.8. The molecule has 0 aliphatic rings.